The summed E-state index contributed by atoms with van der Waals surface area (Å²) >= 11 is 6.20. The summed E-state index contributed by atoms with van der Waals surface area (Å²) in [4.78, 5) is 16.8. The molecule has 3 aliphatic rings. The minimum atomic E-state index is -3.70. The van der Waals surface area contributed by atoms with Crippen LogP contribution in [-0.2, 0) is 4.79 Å². The van der Waals surface area contributed by atoms with E-state index in [2.05, 4.69) is 31.9 Å². The number of anilines is 1. The SMILES string of the molecule is O=C(Nc1ccc(-c2cc3c(cc2Cl)OC(F)(F)O3)cn1)[C@H]1C[C@@H]2C=C[C@H]1C2. The van der Waals surface area contributed by atoms with Gasteiger partial charge in [-0.2, -0.15) is 0 Å². The van der Waals surface area contributed by atoms with Crippen molar-refractivity contribution in [2.45, 2.75) is 19.1 Å². The predicted octanol–water partition coefficient (Wildman–Crippen LogP) is 4.87. The Balaban J connectivity index is 1.33. The number of nitrogens with one attached hydrogen (secondary N) is 1. The molecule has 1 fully saturated rings. The highest BCUT2D eigenvalue weighted by Crippen LogP contribution is 2.46. The lowest BCUT2D eigenvalue weighted by molar-refractivity contribution is -0.286. The van der Waals surface area contributed by atoms with E-state index < -0.39 is 6.29 Å². The van der Waals surface area contributed by atoms with Crippen LogP contribution in [0, 0.1) is 17.8 Å². The molecule has 2 heterocycles. The standard InChI is InChI=1S/C20H15ClF2N2O3/c21-15-8-17-16(27-20(22,23)28-17)7-13(15)12-3-4-18(24-9-12)25-19(26)14-6-10-1-2-11(14)5-10/h1-4,7-11,14H,5-6H2,(H,24,25,26)/t10-,11+,14+/m1/s1. The summed E-state index contributed by atoms with van der Waals surface area (Å²) in [5.74, 6) is 1.01. The van der Waals surface area contributed by atoms with Crippen molar-refractivity contribution in [2.24, 2.45) is 17.8 Å². The van der Waals surface area contributed by atoms with E-state index in [0.717, 1.165) is 12.8 Å². The van der Waals surface area contributed by atoms with Crippen LogP contribution in [0.2, 0.25) is 5.02 Å². The second-order valence-electron chi connectivity index (χ2n) is 7.25. The normalized spacial score (nSPS) is 25.9. The molecule has 8 heteroatoms. The first-order valence-electron chi connectivity index (χ1n) is 8.93. The van der Waals surface area contributed by atoms with Crippen molar-refractivity contribution in [1.29, 1.82) is 0 Å². The Labute approximate surface area is 164 Å². The van der Waals surface area contributed by atoms with Crippen LogP contribution in [0.15, 0.2) is 42.6 Å². The van der Waals surface area contributed by atoms with Crippen LogP contribution < -0.4 is 14.8 Å². The number of amides is 1. The van der Waals surface area contributed by atoms with Gasteiger partial charge in [-0.15, -0.1) is 8.78 Å². The number of hydrogen-bond acceptors (Lipinski definition) is 4. The molecule has 0 spiro atoms. The van der Waals surface area contributed by atoms with Crippen molar-refractivity contribution in [1.82, 2.24) is 4.98 Å². The maximum absolute atomic E-state index is 13.2. The molecule has 5 rings (SSSR count). The molecule has 3 atom stereocenters. The molecule has 0 unspecified atom stereocenters. The topological polar surface area (TPSA) is 60.5 Å². The fraction of sp³-hybridized carbons (Fsp3) is 0.300. The van der Waals surface area contributed by atoms with Crippen LogP contribution in [0.1, 0.15) is 12.8 Å². The van der Waals surface area contributed by atoms with Crippen LogP contribution in [0.3, 0.4) is 0 Å². The summed E-state index contributed by atoms with van der Waals surface area (Å²) < 4.78 is 35.3. The van der Waals surface area contributed by atoms with E-state index in [1.807, 2.05) is 0 Å². The molecule has 2 bridgehead atoms. The molecule has 28 heavy (non-hydrogen) atoms. The molecule has 1 saturated carbocycles. The maximum atomic E-state index is 13.2. The maximum Gasteiger partial charge on any atom is 0.586 e. The van der Waals surface area contributed by atoms with Crippen LogP contribution in [0.4, 0.5) is 14.6 Å². The zero-order valence-corrected chi connectivity index (χ0v) is 15.2. The van der Waals surface area contributed by atoms with Crippen LogP contribution in [-0.4, -0.2) is 17.2 Å². The number of rotatable bonds is 3. The minimum Gasteiger partial charge on any atom is -0.395 e. The number of pyridine rings is 1. The number of ether oxygens (including phenoxy) is 2. The first-order valence-corrected chi connectivity index (χ1v) is 9.31. The van der Waals surface area contributed by atoms with Crippen molar-refractivity contribution in [3.8, 4) is 22.6 Å². The molecule has 1 amide bonds. The monoisotopic (exact) mass is 404 g/mol. The van der Waals surface area contributed by atoms with Crippen LogP contribution in [0.25, 0.3) is 11.1 Å². The summed E-state index contributed by atoms with van der Waals surface area (Å²) in [5, 5.41) is 3.08. The highest BCUT2D eigenvalue weighted by atomic mass is 35.5. The average molecular weight is 405 g/mol. The molecule has 0 radical (unpaired) electrons. The Morgan fingerprint density at radius 3 is 2.61 bits per heavy atom. The Morgan fingerprint density at radius 2 is 1.96 bits per heavy atom. The molecule has 1 aromatic carbocycles. The molecule has 5 nitrogen and oxygen atoms in total. The first kappa shape index (κ1) is 17.4. The number of aromatic nitrogens is 1. The number of allylic oxidation sites excluding steroid dienone is 2. The number of hydrogen-bond donors (Lipinski definition) is 1. The van der Waals surface area contributed by atoms with Gasteiger partial charge in [-0.25, -0.2) is 4.98 Å². The molecule has 1 aromatic heterocycles. The largest absolute Gasteiger partial charge is 0.586 e. The average Bonchev–Trinajstić information content (AvgIpc) is 3.34. The van der Waals surface area contributed by atoms with Crippen molar-refractivity contribution < 1.29 is 23.0 Å². The van der Waals surface area contributed by atoms with Gasteiger partial charge in [0.05, 0.1) is 5.02 Å². The van der Waals surface area contributed by atoms with Crippen molar-refractivity contribution in [3.05, 3.63) is 47.6 Å². The van der Waals surface area contributed by atoms with Gasteiger partial charge in [0.15, 0.2) is 11.5 Å². The van der Waals surface area contributed by atoms with E-state index in [4.69, 9.17) is 11.6 Å². The Morgan fingerprint density at radius 1 is 1.18 bits per heavy atom. The number of fused-ring (bicyclic) bond motifs is 3. The van der Waals surface area contributed by atoms with Gasteiger partial charge in [-0.3, -0.25) is 4.79 Å². The lowest BCUT2D eigenvalue weighted by Crippen LogP contribution is -2.26. The lowest BCUT2D eigenvalue weighted by atomic mass is 9.93. The Kier molecular flexibility index (Phi) is 3.84. The van der Waals surface area contributed by atoms with E-state index in [-0.39, 0.29) is 28.3 Å². The molecule has 2 aliphatic carbocycles. The molecule has 2 aromatic rings. The van der Waals surface area contributed by atoms with Gasteiger partial charge in [-0.1, -0.05) is 23.8 Å². The van der Waals surface area contributed by atoms with E-state index >= 15 is 0 Å². The molecule has 0 saturated heterocycles. The summed E-state index contributed by atoms with van der Waals surface area (Å²) in [7, 11) is 0. The molecule has 1 N–H and O–H groups in total. The van der Waals surface area contributed by atoms with E-state index in [0.29, 0.717) is 28.8 Å². The third kappa shape index (κ3) is 2.99. The van der Waals surface area contributed by atoms with Gasteiger partial charge in [0, 0.05) is 29.3 Å². The minimum absolute atomic E-state index is 0.0125. The van der Waals surface area contributed by atoms with Crippen molar-refractivity contribution in [2.75, 3.05) is 5.32 Å². The van der Waals surface area contributed by atoms with Crippen molar-refractivity contribution in [3.63, 3.8) is 0 Å². The van der Waals surface area contributed by atoms with Gasteiger partial charge in [0.2, 0.25) is 5.91 Å². The van der Waals surface area contributed by atoms with Gasteiger partial charge in [0.1, 0.15) is 5.82 Å². The van der Waals surface area contributed by atoms with Gasteiger partial charge >= 0.3 is 6.29 Å². The quantitative estimate of drug-likeness (QED) is 0.741. The fourth-order valence-corrected chi connectivity index (χ4v) is 4.38. The third-order valence-corrected chi connectivity index (χ3v) is 5.75. The number of halogens is 3. The van der Waals surface area contributed by atoms with Gasteiger partial charge in [0.25, 0.3) is 0 Å². The van der Waals surface area contributed by atoms with Crippen LogP contribution in [0.5, 0.6) is 11.5 Å². The lowest BCUT2D eigenvalue weighted by Gasteiger charge is -2.17. The number of carbonyl (C=O) groups is 1. The van der Waals surface area contributed by atoms with Gasteiger partial charge < -0.3 is 14.8 Å². The highest BCUT2D eigenvalue weighted by molar-refractivity contribution is 6.33. The predicted molar refractivity (Wildman–Crippen MR) is 98.4 cm³/mol. The summed E-state index contributed by atoms with van der Waals surface area (Å²) in [6, 6.07) is 6.04. The molecular weight excluding hydrogens is 390 g/mol. The smallest absolute Gasteiger partial charge is 0.395 e. The van der Waals surface area contributed by atoms with E-state index in [1.165, 1.54) is 18.3 Å². The Bertz CT molecular complexity index is 994. The fourth-order valence-electron chi connectivity index (χ4n) is 4.12. The number of carbonyl (C=O) groups excluding carboxylic acids is 1. The second kappa shape index (κ2) is 6.17. The zero-order chi connectivity index (χ0) is 19.5. The van der Waals surface area contributed by atoms with Crippen LogP contribution >= 0.6 is 11.6 Å². The second-order valence-corrected chi connectivity index (χ2v) is 7.66. The number of nitrogens with zero attached hydrogens (tertiary/aromatic N) is 1. The molecular formula is C20H15ClF2N2O3. The van der Waals surface area contributed by atoms with E-state index in [9.17, 15) is 13.6 Å². The van der Waals surface area contributed by atoms with Crippen molar-refractivity contribution >= 4 is 23.3 Å². The molecule has 1 aliphatic heterocycles. The third-order valence-electron chi connectivity index (χ3n) is 5.43. The first-order chi connectivity index (χ1) is 13.4. The number of alkyl halides is 2. The highest BCUT2D eigenvalue weighted by Gasteiger charge is 2.44. The Hall–Kier alpha value is -2.67. The molecule has 144 valence electrons. The summed E-state index contributed by atoms with van der Waals surface area (Å²) in [6.45, 7) is 0. The summed E-state index contributed by atoms with van der Waals surface area (Å²) in [6.07, 6.45) is 4.06. The zero-order valence-electron chi connectivity index (χ0n) is 14.5. The summed E-state index contributed by atoms with van der Waals surface area (Å²) in [5.41, 5.74) is 1.08. The number of benzene rings is 1. The van der Waals surface area contributed by atoms with E-state index in [1.54, 1.807) is 12.1 Å². The van der Waals surface area contributed by atoms with Gasteiger partial charge in [-0.05, 0) is 42.9 Å².